The summed E-state index contributed by atoms with van der Waals surface area (Å²) in [5.41, 5.74) is 0. The van der Waals surface area contributed by atoms with Crippen LogP contribution in [0.1, 0.15) is 45.0 Å². The van der Waals surface area contributed by atoms with E-state index in [4.69, 9.17) is 14.0 Å². The highest BCUT2D eigenvalue weighted by molar-refractivity contribution is 5.74. The van der Waals surface area contributed by atoms with Crippen molar-refractivity contribution in [3.63, 3.8) is 0 Å². The summed E-state index contributed by atoms with van der Waals surface area (Å²) in [7, 11) is 0. The first-order chi connectivity index (χ1) is 9.08. The molecule has 19 heavy (non-hydrogen) atoms. The minimum atomic E-state index is -0.654. The zero-order valence-corrected chi connectivity index (χ0v) is 11.6. The molecule has 1 rings (SSSR count). The van der Waals surface area contributed by atoms with Crippen molar-refractivity contribution in [1.29, 1.82) is 0 Å². The van der Waals surface area contributed by atoms with Gasteiger partial charge in [0.2, 0.25) is 0 Å². The minimum Gasteiger partial charge on any atom is -0.451 e. The van der Waals surface area contributed by atoms with E-state index < -0.39 is 18.2 Å². The maximum atomic E-state index is 11.7. The topological polar surface area (TPSA) is 74.5 Å². The molecule has 0 amide bonds. The number of carbonyl (C=O) groups excluding carboxylic acids is 1. The third-order valence-corrected chi connectivity index (χ3v) is 2.39. The summed E-state index contributed by atoms with van der Waals surface area (Å²) in [5, 5.41) is 3.81. The van der Waals surface area contributed by atoms with Crippen molar-refractivity contribution < 1.29 is 18.8 Å². The van der Waals surface area contributed by atoms with Crippen molar-refractivity contribution >= 4 is 5.97 Å². The van der Waals surface area contributed by atoms with E-state index in [1.165, 1.54) is 0 Å². The molecule has 0 saturated heterocycles. The fourth-order valence-electron chi connectivity index (χ4n) is 1.36. The zero-order valence-electron chi connectivity index (χ0n) is 11.6. The SMILES string of the molecule is C=CCOC(C)C(=O)OC(C)c1nc(CCC)no1. The average Bonchev–Trinajstić information content (AvgIpc) is 2.85. The molecule has 0 aromatic carbocycles. The number of hydrogen-bond acceptors (Lipinski definition) is 6. The lowest BCUT2D eigenvalue weighted by Crippen LogP contribution is -2.24. The Morgan fingerprint density at radius 3 is 2.89 bits per heavy atom. The van der Waals surface area contributed by atoms with Crippen LogP contribution in [0, 0.1) is 0 Å². The lowest BCUT2D eigenvalue weighted by Gasteiger charge is -2.14. The molecule has 0 spiro atoms. The highest BCUT2D eigenvalue weighted by Crippen LogP contribution is 2.16. The smallest absolute Gasteiger partial charge is 0.335 e. The van der Waals surface area contributed by atoms with Gasteiger partial charge < -0.3 is 14.0 Å². The molecule has 6 heteroatoms. The van der Waals surface area contributed by atoms with Gasteiger partial charge in [0.1, 0.15) is 0 Å². The maximum Gasteiger partial charge on any atom is 0.335 e. The van der Waals surface area contributed by atoms with Crippen LogP contribution in [0.2, 0.25) is 0 Å². The van der Waals surface area contributed by atoms with Crippen LogP contribution in [-0.4, -0.2) is 28.8 Å². The molecule has 0 aliphatic heterocycles. The fourth-order valence-corrected chi connectivity index (χ4v) is 1.36. The van der Waals surface area contributed by atoms with Crippen LogP contribution in [0.4, 0.5) is 0 Å². The van der Waals surface area contributed by atoms with Crippen LogP contribution in [0.3, 0.4) is 0 Å². The van der Waals surface area contributed by atoms with Crippen LogP contribution in [0.25, 0.3) is 0 Å². The van der Waals surface area contributed by atoms with Crippen LogP contribution < -0.4 is 0 Å². The van der Waals surface area contributed by atoms with Crippen molar-refractivity contribution in [2.75, 3.05) is 6.61 Å². The van der Waals surface area contributed by atoms with Gasteiger partial charge >= 0.3 is 5.97 Å². The lowest BCUT2D eigenvalue weighted by atomic mass is 10.3. The van der Waals surface area contributed by atoms with E-state index in [2.05, 4.69) is 16.7 Å². The molecular weight excluding hydrogens is 248 g/mol. The van der Waals surface area contributed by atoms with Gasteiger partial charge in [-0.3, -0.25) is 0 Å². The largest absolute Gasteiger partial charge is 0.451 e. The Morgan fingerprint density at radius 1 is 1.53 bits per heavy atom. The third kappa shape index (κ3) is 4.82. The number of aromatic nitrogens is 2. The quantitative estimate of drug-likeness (QED) is 0.531. The predicted molar refractivity (Wildman–Crippen MR) is 68.4 cm³/mol. The minimum absolute atomic E-state index is 0.297. The summed E-state index contributed by atoms with van der Waals surface area (Å²) in [6.45, 7) is 9.14. The molecule has 1 aromatic rings. The average molecular weight is 268 g/mol. The first-order valence-corrected chi connectivity index (χ1v) is 6.34. The summed E-state index contributed by atoms with van der Waals surface area (Å²) in [6.07, 6.45) is 2.00. The van der Waals surface area contributed by atoms with Gasteiger partial charge in [0.15, 0.2) is 18.0 Å². The van der Waals surface area contributed by atoms with E-state index in [9.17, 15) is 4.79 Å². The molecule has 0 aliphatic carbocycles. The molecule has 0 aliphatic rings. The van der Waals surface area contributed by atoms with Crippen LogP contribution in [-0.2, 0) is 20.7 Å². The maximum absolute atomic E-state index is 11.7. The Hall–Kier alpha value is -1.69. The van der Waals surface area contributed by atoms with Gasteiger partial charge in [-0.1, -0.05) is 18.2 Å². The molecule has 0 radical (unpaired) electrons. The number of hydrogen-bond donors (Lipinski definition) is 0. The molecule has 1 aromatic heterocycles. The van der Waals surface area contributed by atoms with E-state index in [0.29, 0.717) is 18.3 Å². The van der Waals surface area contributed by atoms with Gasteiger partial charge in [0.05, 0.1) is 6.61 Å². The van der Waals surface area contributed by atoms with Crippen molar-refractivity contribution in [1.82, 2.24) is 10.1 Å². The Morgan fingerprint density at radius 2 is 2.26 bits per heavy atom. The molecule has 2 unspecified atom stereocenters. The van der Waals surface area contributed by atoms with Crippen molar-refractivity contribution in [3.05, 3.63) is 24.4 Å². The summed E-state index contributed by atoms with van der Waals surface area (Å²) in [4.78, 5) is 15.9. The van der Waals surface area contributed by atoms with Gasteiger partial charge in [-0.15, -0.1) is 6.58 Å². The molecular formula is C13H20N2O4. The van der Waals surface area contributed by atoms with Crippen LogP contribution >= 0.6 is 0 Å². The van der Waals surface area contributed by atoms with E-state index in [-0.39, 0.29) is 0 Å². The second-order valence-electron chi connectivity index (χ2n) is 4.14. The van der Waals surface area contributed by atoms with Gasteiger partial charge in [0.25, 0.3) is 5.89 Å². The third-order valence-electron chi connectivity index (χ3n) is 2.39. The highest BCUT2D eigenvalue weighted by atomic mass is 16.6. The molecule has 1 heterocycles. The normalized spacial score (nSPS) is 13.8. The molecule has 0 fully saturated rings. The van der Waals surface area contributed by atoms with Gasteiger partial charge in [0, 0.05) is 6.42 Å². The molecule has 6 nitrogen and oxygen atoms in total. The standard InChI is InChI=1S/C13H20N2O4/c1-5-7-11-14-12(19-15-11)9(3)18-13(16)10(4)17-8-6-2/h6,9-10H,2,5,7-8H2,1,3-4H3. The van der Waals surface area contributed by atoms with Crippen molar-refractivity contribution in [2.45, 2.75) is 45.8 Å². The van der Waals surface area contributed by atoms with Gasteiger partial charge in [-0.25, -0.2) is 4.79 Å². The fraction of sp³-hybridized carbons (Fsp3) is 0.615. The van der Waals surface area contributed by atoms with E-state index in [0.717, 1.165) is 12.8 Å². The van der Waals surface area contributed by atoms with E-state index >= 15 is 0 Å². The second kappa shape index (κ2) is 7.68. The Kier molecular flexibility index (Phi) is 6.21. The van der Waals surface area contributed by atoms with Crippen LogP contribution in [0.5, 0.6) is 0 Å². The zero-order chi connectivity index (χ0) is 14.3. The Balaban J connectivity index is 2.50. The number of carbonyl (C=O) groups is 1. The van der Waals surface area contributed by atoms with Gasteiger partial charge in [-0.2, -0.15) is 4.98 Å². The van der Waals surface area contributed by atoms with E-state index in [1.807, 2.05) is 6.92 Å². The number of aryl methyl sites for hydroxylation is 1. The molecule has 0 N–H and O–H groups in total. The Labute approximate surface area is 112 Å². The number of rotatable bonds is 8. The molecule has 2 atom stereocenters. The first-order valence-electron chi connectivity index (χ1n) is 6.34. The molecule has 0 bridgehead atoms. The first kappa shape index (κ1) is 15.4. The molecule has 106 valence electrons. The summed E-state index contributed by atoms with van der Waals surface area (Å²) in [6, 6.07) is 0. The summed E-state index contributed by atoms with van der Waals surface area (Å²) in [5.74, 6) is 0.452. The number of nitrogens with zero attached hydrogens (tertiary/aromatic N) is 2. The summed E-state index contributed by atoms with van der Waals surface area (Å²) >= 11 is 0. The van der Waals surface area contributed by atoms with E-state index in [1.54, 1.807) is 19.9 Å². The van der Waals surface area contributed by atoms with Crippen LogP contribution in [0.15, 0.2) is 17.2 Å². The highest BCUT2D eigenvalue weighted by Gasteiger charge is 2.22. The summed E-state index contributed by atoms with van der Waals surface area (Å²) < 4.78 is 15.4. The van der Waals surface area contributed by atoms with Crippen molar-refractivity contribution in [3.8, 4) is 0 Å². The number of esters is 1. The predicted octanol–water partition coefficient (Wildman–Crippen LogP) is 2.22. The monoisotopic (exact) mass is 268 g/mol. The lowest BCUT2D eigenvalue weighted by molar-refractivity contribution is -0.161. The Bertz CT molecular complexity index is 417. The second-order valence-corrected chi connectivity index (χ2v) is 4.14. The molecule has 0 saturated carbocycles. The van der Waals surface area contributed by atoms with Crippen molar-refractivity contribution in [2.24, 2.45) is 0 Å². The van der Waals surface area contributed by atoms with Gasteiger partial charge in [-0.05, 0) is 20.3 Å². The number of ether oxygens (including phenoxy) is 2.